The van der Waals surface area contributed by atoms with Crippen LogP contribution in [0.2, 0.25) is 0 Å². The fraction of sp³-hybridized carbons (Fsp3) is 0.714. The zero-order valence-corrected chi connectivity index (χ0v) is 6.94. The van der Waals surface area contributed by atoms with Gasteiger partial charge in [-0.15, -0.1) is 0 Å². The molecule has 0 spiro atoms. The summed E-state index contributed by atoms with van der Waals surface area (Å²) in [4.78, 5) is 21.1. The van der Waals surface area contributed by atoms with E-state index in [0.29, 0.717) is 19.5 Å². The van der Waals surface area contributed by atoms with E-state index in [4.69, 9.17) is 0 Å². The zero-order valence-electron chi connectivity index (χ0n) is 6.94. The topological polar surface area (TPSA) is 58.2 Å². The molecule has 0 unspecified atom stereocenters. The van der Waals surface area contributed by atoms with Crippen molar-refractivity contribution in [1.29, 1.82) is 0 Å². The first kappa shape index (κ1) is 9.94. The van der Waals surface area contributed by atoms with Gasteiger partial charge in [0, 0.05) is 26.4 Å². The van der Waals surface area contributed by atoms with Crippen LogP contribution in [-0.2, 0) is 9.59 Å². The Bertz CT molecular complexity index is 145. The molecule has 0 saturated heterocycles. The van der Waals surface area contributed by atoms with Crippen molar-refractivity contribution in [1.82, 2.24) is 10.6 Å². The molecule has 2 amide bonds. The van der Waals surface area contributed by atoms with Gasteiger partial charge in [0.25, 0.3) is 0 Å². The first-order valence-corrected chi connectivity index (χ1v) is 3.68. The van der Waals surface area contributed by atoms with Crippen LogP contribution in [0.25, 0.3) is 0 Å². The summed E-state index contributed by atoms with van der Waals surface area (Å²) < 4.78 is 0. The molecule has 0 aromatic carbocycles. The van der Waals surface area contributed by atoms with Gasteiger partial charge >= 0.3 is 0 Å². The van der Waals surface area contributed by atoms with E-state index in [-0.39, 0.29) is 11.8 Å². The fourth-order valence-corrected chi connectivity index (χ4v) is 0.638. The summed E-state index contributed by atoms with van der Waals surface area (Å²) in [6, 6.07) is 0. The summed E-state index contributed by atoms with van der Waals surface area (Å²) in [6.07, 6.45) is 0.355. The van der Waals surface area contributed by atoms with Crippen LogP contribution in [0.1, 0.15) is 20.3 Å². The number of nitrogens with one attached hydrogen (secondary N) is 2. The summed E-state index contributed by atoms with van der Waals surface area (Å²) in [5.41, 5.74) is 0. The Morgan fingerprint density at radius 1 is 1.27 bits per heavy atom. The molecule has 2 N–H and O–H groups in total. The molecule has 0 aliphatic carbocycles. The summed E-state index contributed by atoms with van der Waals surface area (Å²) in [6.45, 7) is 4.34. The van der Waals surface area contributed by atoms with Crippen LogP contribution in [0.15, 0.2) is 0 Å². The minimum Gasteiger partial charge on any atom is -0.356 e. The van der Waals surface area contributed by atoms with Crippen molar-refractivity contribution in [2.75, 3.05) is 13.1 Å². The highest BCUT2D eigenvalue weighted by Crippen LogP contribution is 1.75. The standard InChI is InChI=1S/C7H14N2O2/c1-3-8-7(11)4-5-9-6(2)10/h3-5H2,1-2H3,(H,8,11)(H,9,10). The zero-order chi connectivity index (χ0) is 8.69. The molecule has 0 radical (unpaired) electrons. The lowest BCUT2D eigenvalue weighted by Crippen LogP contribution is -2.29. The van der Waals surface area contributed by atoms with Crippen LogP contribution < -0.4 is 10.6 Å². The molecule has 0 aromatic rings. The van der Waals surface area contributed by atoms with Crippen LogP contribution in [0.3, 0.4) is 0 Å². The molecular weight excluding hydrogens is 144 g/mol. The van der Waals surface area contributed by atoms with Crippen molar-refractivity contribution >= 4 is 11.8 Å². The fourth-order valence-electron chi connectivity index (χ4n) is 0.638. The van der Waals surface area contributed by atoms with Gasteiger partial charge in [-0.2, -0.15) is 0 Å². The monoisotopic (exact) mass is 158 g/mol. The van der Waals surface area contributed by atoms with E-state index in [9.17, 15) is 9.59 Å². The van der Waals surface area contributed by atoms with Crippen molar-refractivity contribution in [2.45, 2.75) is 20.3 Å². The summed E-state index contributed by atoms with van der Waals surface area (Å²) >= 11 is 0. The van der Waals surface area contributed by atoms with E-state index >= 15 is 0 Å². The third kappa shape index (κ3) is 6.83. The molecule has 4 nitrogen and oxygen atoms in total. The van der Waals surface area contributed by atoms with Crippen LogP contribution in [0.4, 0.5) is 0 Å². The average molecular weight is 158 g/mol. The molecule has 0 bridgehead atoms. The van der Waals surface area contributed by atoms with Gasteiger partial charge in [-0.05, 0) is 6.92 Å². The first-order chi connectivity index (χ1) is 5.16. The van der Waals surface area contributed by atoms with Crippen molar-refractivity contribution < 1.29 is 9.59 Å². The van der Waals surface area contributed by atoms with Crippen molar-refractivity contribution in [3.63, 3.8) is 0 Å². The van der Waals surface area contributed by atoms with Crippen molar-refractivity contribution in [3.05, 3.63) is 0 Å². The first-order valence-electron chi connectivity index (χ1n) is 3.68. The van der Waals surface area contributed by atoms with E-state index in [0.717, 1.165) is 0 Å². The number of hydrogen-bond donors (Lipinski definition) is 2. The molecule has 11 heavy (non-hydrogen) atoms. The van der Waals surface area contributed by atoms with Gasteiger partial charge in [-0.1, -0.05) is 0 Å². The van der Waals surface area contributed by atoms with Crippen LogP contribution in [0, 0.1) is 0 Å². The van der Waals surface area contributed by atoms with Crippen LogP contribution >= 0.6 is 0 Å². The highest BCUT2D eigenvalue weighted by atomic mass is 16.2. The third-order valence-electron chi connectivity index (χ3n) is 1.10. The highest BCUT2D eigenvalue weighted by Gasteiger charge is 1.98. The Labute approximate surface area is 66.4 Å². The summed E-state index contributed by atoms with van der Waals surface area (Å²) in [5, 5.41) is 5.16. The Morgan fingerprint density at radius 3 is 2.36 bits per heavy atom. The lowest BCUT2D eigenvalue weighted by atomic mass is 10.4. The highest BCUT2D eigenvalue weighted by molar-refractivity contribution is 5.77. The molecule has 4 heteroatoms. The number of carbonyl (C=O) groups excluding carboxylic acids is 2. The number of rotatable bonds is 4. The normalized spacial score (nSPS) is 8.91. The van der Waals surface area contributed by atoms with Crippen molar-refractivity contribution in [3.8, 4) is 0 Å². The van der Waals surface area contributed by atoms with Gasteiger partial charge < -0.3 is 10.6 Å². The Kier molecular flexibility index (Phi) is 5.15. The second-order valence-corrected chi connectivity index (χ2v) is 2.19. The lowest BCUT2D eigenvalue weighted by molar-refractivity contribution is -0.121. The minimum absolute atomic E-state index is 0.0266. The summed E-state index contributed by atoms with van der Waals surface area (Å²) in [7, 11) is 0. The molecule has 0 rings (SSSR count). The quantitative estimate of drug-likeness (QED) is 0.587. The minimum atomic E-state index is -0.103. The number of amides is 2. The molecule has 0 aliphatic heterocycles. The van der Waals surface area contributed by atoms with Crippen LogP contribution in [-0.4, -0.2) is 24.9 Å². The second-order valence-electron chi connectivity index (χ2n) is 2.19. The molecule has 0 atom stereocenters. The number of hydrogen-bond acceptors (Lipinski definition) is 2. The lowest BCUT2D eigenvalue weighted by Gasteiger charge is -2.01. The van der Waals surface area contributed by atoms with Crippen molar-refractivity contribution in [2.24, 2.45) is 0 Å². The maximum atomic E-state index is 10.8. The number of carbonyl (C=O) groups is 2. The van der Waals surface area contributed by atoms with Gasteiger partial charge in [0.15, 0.2) is 0 Å². The Morgan fingerprint density at radius 2 is 1.91 bits per heavy atom. The van der Waals surface area contributed by atoms with Gasteiger partial charge in [0.1, 0.15) is 0 Å². The molecule has 0 fully saturated rings. The largest absolute Gasteiger partial charge is 0.356 e. The molecule has 64 valence electrons. The molecule has 0 aromatic heterocycles. The average Bonchev–Trinajstić information content (AvgIpc) is 1.87. The van der Waals surface area contributed by atoms with E-state index in [1.165, 1.54) is 6.92 Å². The maximum Gasteiger partial charge on any atom is 0.221 e. The Balaban J connectivity index is 3.24. The SMILES string of the molecule is CCNC(=O)CCNC(C)=O. The molecule has 0 heterocycles. The third-order valence-corrected chi connectivity index (χ3v) is 1.10. The molecule has 0 aliphatic rings. The van der Waals surface area contributed by atoms with E-state index < -0.39 is 0 Å². The predicted molar refractivity (Wildman–Crippen MR) is 42.0 cm³/mol. The van der Waals surface area contributed by atoms with E-state index in [2.05, 4.69) is 10.6 Å². The van der Waals surface area contributed by atoms with E-state index in [1.54, 1.807) is 0 Å². The predicted octanol–water partition coefficient (Wildman–Crippen LogP) is -0.351. The maximum absolute atomic E-state index is 10.8. The Hall–Kier alpha value is -1.06. The van der Waals surface area contributed by atoms with Gasteiger partial charge in [0.05, 0.1) is 0 Å². The van der Waals surface area contributed by atoms with E-state index in [1.807, 2.05) is 6.92 Å². The van der Waals surface area contributed by atoms with Crippen LogP contribution in [0.5, 0.6) is 0 Å². The summed E-state index contributed by atoms with van der Waals surface area (Å²) in [5.74, 6) is -0.129. The smallest absolute Gasteiger partial charge is 0.221 e. The van der Waals surface area contributed by atoms with Gasteiger partial charge in [-0.3, -0.25) is 9.59 Å². The second kappa shape index (κ2) is 5.70. The molecular formula is C7H14N2O2. The van der Waals surface area contributed by atoms with Gasteiger partial charge in [-0.25, -0.2) is 0 Å². The molecule has 0 saturated carbocycles. The van der Waals surface area contributed by atoms with Gasteiger partial charge in [0.2, 0.25) is 11.8 Å².